The van der Waals surface area contributed by atoms with Crippen LogP contribution in [0.1, 0.15) is 16.2 Å². The van der Waals surface area contributed by atoms with Gasteiger partial charge in [-0.3, -0.25) is 0 Å². The van der Waals surface area contributed by atoms with E-state index in [0.717, 1.165) is 22.5 Å². The molecule has 0 spiro atoms. The minimum Gasteiger partial charge on any atom is -0.477 e. The third-order valence-electron chi connectivity index (χ3n) is 3.51. The van der Waals surface area contributed by atoms with Gasteiger partial charge in [0.2, 0.25) is 0 Å². The van der Waals surface area contributed by atoms with Crippen LogP contribution in [0.15, 0.2) is 60.7 Å². The summed E-state index contributed by atoms with van der Waals surface area (Å²) in [5.41, 5.74) is 4.27. The smallest absolute Gasteiger partial charge is 0.354 e. The lowest BCUT2D eigenvalue weighted by Gasteiger charge is -2.10. The number of nitrogens with one attached hydrogen (secondary N) is 2. The third-order valence-corrected chi connectivity index (χ3v) is 3.51. The lowest BCUT2D eigenvalue weighted by atomic mass is 10.0. The molecule has 0 bridgehead atoms. The van der Waals surface area contributed by atoms with E-state index >= 15 is 0 Å². The second-order valence-corrected chi connectivity index (χ2v) is 5.04. The van der Waals surface area contributed by atoms with Crippen LogP contribution in [-0.4, -0.2) is 16.1 Å². The predicted octanol–water partition coefficient (Wildman–Crippen LogP) is 4.43. The van der Waals surface area contributed by atoms with Gasteiger partial charge >= 0.3 is 5.97 Å². The van der Waals surface area contributed by atoms with Crippen LogP contribution in [-0.2, 0) is 0 Å². The van der Waals surface area contributed by atoms with E-state index in [2.05, 4.69) is 10.3 Å². The molecule has 0 unspecified atom stereocenters. The summed E-state index contributed by atoms with van der Waals surface area (Å²) in [6.07, 6.45) is 0. The Morgan fingerprint density at radius 1 is 1.00 bits per heavy atom. The molecule has 3 aromatic rings. The van der Waals surface area contributed by atoms with Crippen LogP contribution in [0.4, 0.5) is 11.4 Å². The first-order valence-electron chi connectivity index (χ1n) is 7.00. The summed E-state index contributed by atoms with van der Waals surface area (Å²) >= 11 is 0. The summed E-state index contributed by atoms with van der Waals surface area (Å²) in [6, 6.07) is 19.3. The molecule has 2 aromatic carbocycles. The monoisotopic (exact) mass is 292 g/mol. The number of aromatic amines is 1. The number of carboxylic acid groups (broad SMARTS) is 1. The Kier molecular flexibility index (Phi) is 3.66. The van der Waals surface area contributed by atoms with Crippen molar-refractivity contribution >= 4 is 17.3 Å². The van der Waals surface area contributed by atoms with Crippen molar-refractivity contribution in [1.82, 2.24) is 4.98 Å². The molecule has 3 N–H and O–H groups in total. The number of H-pyrrole nitrogens is 1. The topological polar surface area (TPSA) is 65.1 Å². The maximum absolute atomic E-state index is 11.5. The highest BCUT2D eigenvalue weighted by Crippen LogP contribution is 2.36. The zero-order chi connectivity index (χ0) is 15.5. The number of benzene rings is 2. The highest BCUT2D eigenvalue weighted by Gasteiger charge is 2.21. The zero-order valence-electron chi connectivity index (χ0n) is 12.1. The Balaban J connectivity index is 2.15. The minimum absolute atomic E-state index is 0.167. The maximum atomic E-state index is 11.5. The quantitative estimate of drug-likeness (QED) is 0.666. The van der Waals surface area contributed by atoms with Crippen molar-refractivity contribution in [2.24, 2.45) is 0 Å². The van der Waals surface area contributed by atoms with Crippen molar-refractivity contribution in [1.29, 1.82) is 0 Å². The summed E-state index contributed by atoms with van der Waals surface area (Å²) in [6.45, 7) is 1.88. The average Bonchev–Trinajstić information content (AvgIpc) is 2.86. The molecule has 0 aliphatic carbocycles. The second-order valence-electron chi connectivity index (χ2n) is 5.04. The number of aryl methyl sites for hydroxylation is 1. The molecule has 0 saturated carbocycles. The van der Waals surface area contributed by atoms with Crippen LogP contribution in [0.25, 0.3) is 11.1 Å². The van der Waals surface area contributed by atoms with Crippen molar-refractivity contribution in [2.75, 3.05) is 5.32 Å². The number of para-hydroxylation sites is 1. The molecule has 22 heavy (non-hydrogen) atoms. The van der Waals surface area contributed by atoms with E-state index in [0.29, 0.717) is 5.69 Å². The van der Waals surface area contributed by atoms with E-state index in [9.17, 15) is 9.90 Å². The van der Waals surface area contributed by atoms with Gasteiger partial charge in [0.1, 0.15) is 5.69 Å². The summed E-state index contributed by atoms with van der Waals surface area (Å²) in [5.74, 6) is -0.983. The predicted molar refractivity (Wildman–Crippen MR) is 87.6 cm³/mol. The van der Waals surface area contributed by atoms with Crippen molar-refractivity contribution in [3.63, 3.8) is 0 Å². The van der Waals surface area contributed by atoms with Gasteiger partial charge in [-0.1, -0.05) is 48.5 Å². The van der Waals surface area contributed by atoms with Crippen LogP contribution in [0, 0.1) is 6.92 Å². The van der Waals surface area contributed by atoms with Gasteiger partial charge in [-0.15, -0.1) is 0 Å². The van der Waals surface area contributed by atoms with Gasteiger partial charge in [0.05, 0.1) is 5.69 Å². The zero-order valence-corrected chi connectivity index (χ0v) is 12.1. The molecule has 4 heteroatoms. The fraction of sp³-hybridized carbons (Fsp3) is 0.0556. The Morgan fingerprint density at radius 2 is 1.59 bits per heavy atom. The molecule has 1 aromatic heterocycles. The first kappa shape index (κ1) is 13.9. The number of hydrogen-bond acceptors (Lipinski definition) is 2. The number of aromatic carboxylic acids is 1. The number of rotatable bonds is 4. The first-order chi connectivity index (χ1) is 10.7. The standard InChI is InChI=1S/C18H16N2O2/c1-12-15(13-8-4-2-5-9-13)16(17(19-12)18(21)22)20-14-10-6-3-7-11-14/h2-11,19-20H,1H3,(H,21,22). The molecular formula is C18H16N2O2. The number of carboxylic acids is 1. The highest BCUT2D eigenvalue weighted by molar-refractivity contribution is 6.00. The van der Waals surface area contributed by atoms with E-state index in [1.807, 2.05) is 67.6 Å². The van der Waals surface area contributed by atoms with Crippen LogP contribution >= 0.6 is 0 Å². The largest absolute Gasteiger partial charge is 0.477 e. The summed E-state index contributed by atoms with van der Waals surface area (Å²) in [5, 5.41) is 12.7. The van der Waals surface area contributed by atoms with Gasteiger partial charge in [0.15, 0.2) is 0 Å². The van der Waals surface area contributed by atoms with E-state index in [4.69, 9.17) is 0 Å². The molecule has 3 rings (SSSR count). The van der Waals surface area contributed by atoms with E-state index in [1.165, 1.54) is 0 Å². The fourth-order valence-corrected chi connectivity index (χ4v) is 2.54. The van der Waals surface area contributed by atoms with Crippen LogP contribution < -0.4 is 5.32 Å². The van der Waals surface area contributed by atoms with E-state index < -0.39 is 5.97 Å². The molecule has 0 amide bonds. The molecule has 0 saturated heterocycles. The summed E-state index contributed by atoms with van der Waals surface area (Å²) in [4.78, 5) is 14.5. The van der Waals surface area contributed by atoms with Gasteiger partial charge in [-0.05, 0) is 24.6 Å². The molecule has 0 fully saturated rings. The lowest BCUT2D eigenvalue weighted by Crippen LogP contribution is -2.02. The Bertz CT molecular complexity index is 793. The lowest BCUT2D eigenvalue weighted by molar-refractivity contribution is 0.0692. The molecule has 0 aliphatic heterocycles. The fourth-order valence-electron chi connectivity index (χ4n) is 2.54. The van der Waals surface area contributed by atoms with Gasteiger partial charge in [-0.25, -0.2) is 4.79 Å². The summed E-state index contributed by atoms with van der Waals surface area (Å²) in [7, 11) is 0. The normalized spacial score (nSPS) is 10.4. The third kappa shape index (κ3) is 2.59. The van der Waals surface area contributed by atoms with Crippen LogP contribution in [0.3, 0.4) is 0 Å². The van der Waals surface area contributed by atoms with Gasteiger partial charge in [0.25, 0.3) is 0 Å². The average molecular weight is 292 g/mol. The number of hydrogen-bond donors (Lipinski definition) is 3. The number of aromatic nitrogens is 1. The molecule has 1 heterocycles. The first-order valence-corrected chi connectivity index (χ1v) is 7.00. The second kappa shape index (κ2) is 5.77. The van der Waals surface area contributed by atoms with Gasteiger partial charge in [0, 0.05) is 16.9 Å². The highest BCUT2D eigenvalue weighted by atomic mass is 16.4. The van der Waals surface area contributed by atoms with Crippen LogP contribution in [0.2, 0.25) is 0 Å². The van der Waals surface area contributed by atoms with Crippen molar-refractivity contribution < 1.29 is 9.90 Å². The molecular weight excluding hydrogens is 276 g/mol. The Labute approximate surface area is 128 Å². The SMILES string of the molecule is Cc1[nH]c(C(=O)O)c(Nc2ccccc2)c1-c1ccccc1. The Morgan fingerprint density at radius 3 is 2.18 bits per heavy atom. The Hall–Kier alpha value is -3.01. The molecule has 0 radical (unpaired) electrons. The van der Waals surface area contributed by atoms with Gasteiger partial charge < -0.3 is 15.4 Å². The molecule has 0 atom stereocenters. The number of carbonyl (C=O) groups is 1. The molecule has 110 valence electrons. The van der Waals surface area contributed by atoms with Gasteiger partial charge in [-0.2, -0.15) is 0 Å². The van der Waals surface area contributed by atoms with E-state index in [1.54, 1.807) is 0 Å². The maximum Gasteiger partial charge on any atom is 0.354 e. The van der Waals surface area contributed by atoms with Crippen molar-refractivity contribution in [3.8, 4) is 11.1 Å². The molecule has 4 nitrogen and oxygen atoms in total. The van der Waals surface area contributed by atoms with Crippen molar-refractivity contribution in [3.05, 3.63) is 72.1 Å². The minimum atomic E-state index is -0.983. The van der Waals surface area contributed by atoms with E-state index in [-0.39, 0.29) is 5.69 Å². The number of anilines is 2. The van der Waals surface area contributed by atoms with Crippen LogP contribution in [0.5, 0.6) is 0 Å². The van der Waals surface area contributed by atoms with Crippen molar-refractivity contribution in [2.45, 2.75) is 6.92 Å². The summed E-state index contributed by atoms with van der Waals surface area (Å²) < 4.78 is 0. The molecule has 0 aliphatic rings.